The zero-order valence-corrected chi connectivity index (χ0v) is 11.7. The Balaban J connectivity index is 2.18. The van der Waals surface area contributed by atoms with Gasteiger partial charge in [-0.2, -0.15) is 0 Å². The van der Waals surface area contributed by atoms with Gasteiger partial charge in [-0.1, -0.05) is 32.0 Å². The van der Waals surface area contributed by atoms with E-state index in [4.69, 9.17) is 4.74 Å². The van der Waals surface area contributed by atoms with E-state index >= 15 is 0 Å². The predicted octanol–water partition coefficient (Wildman–Crippen LogP) is 3.68. The van der Waals surface area contributed by atoms with Gasteiger partial charge in [0.15, 0.2) is 0 Å². The summed E-state index contributed by atoms with van der Waals surface area (Å²) in [6.45, 7) is 7.01. The van der Waals surface area contributed by atoms with Crippen molar-refractivity contribution in [2.45, 2.75) is 33.4 Å². The van der Waals surface area contributed by atoms with Crippen LogP contribution in [0.4, 0.5) is 0 Å². The number of aromatic nitrogens is 1. The van der Waals surface area contributed by atoms with Crippen molar-refractivity contribution < 1.29 is 4.74 Å². The molecule has 100 valence electrons. The van der Waals surface area contributed by atoms with Gasteiger partial charge >= 0.3 is 0 Å². The molecule has 3 heteroatoms. The predicted molar refractivity (Wildman–Crippen MR) is 77.5 cm³/mol. The number of ether oxygens (including phenoxy) is 1. The largest absolute Gasteiger partial charge is 0.455 e. The van der Waals surface area contributed by atoms with E-state index in [1.54, 1.807) is 6.20 Å². The van der Waals surface area contributed by atoms with Crippen LogP contribution in [-0.2, 0) is 6.54 Å². The van der Waals surface area contributed by atoms with Gasteiger partial charge in [0, 0.05) is 24.3 Å². The van der Waals surface area contributed by atoms with Crippen molar-refractivity contribution in [3.63, 3.8) is 0 Å². The lowest BCUT2D eigenvalue weighted by Crippen LogP contribution is -2.22. The number of nitrogens with one attached hydrogen (secondary N) is 1. The fourth-order valence-electron chi connectivity index (χ4n) is 1.76. The van der Waals surface area contributed by atoms with Crippen LogP contribution in [0.5, 0.6) is 11.5 Å². The summed E-state index contributed by atoms with van der Waals surface area (Å²) in [4.78, 5) is 4.24. The van der Waals surface area contributed by atoms with Crippen LogP contribution >= 0.6 is 0 Å². The van der Waals surface area contributed by atoms with E-state index in [2.05, 4.69) is 30.2 Å². The molecule has 0 fully saturated rings. The standard InChI is InChI=1S/C16H20N2O/c1-12(2)18-11-14-7-4-5-8-16(14)19-15-9-6-10-17-13(15)3/h4-10,12,18H,11H2,1-3H3. The van der Waals surface area contributed by atoms with Gasteiger partial charge in [0.05, 0.1) is 5.69 Å². The van der Waals surface area contributed by atoms with E-state index in [-0.39, 0.29) is 0 Å². The van der Waals surface area contributed by atoms with Crippen LogP contribution in [0.2, 0.25) is 0 Å². The molecule has 0 aliphatic heterocycles. The van der Waals surface area contributed by atoms with Gasteiger partial charge < -0.3 is 10.1 Å². The Morgan fingerprint density at radius 3 is 2.58 bits per heavy atom. The van der Waals surface area contributed by atoms with Gasteiger partial charge in [0.25, 0.3) is 0 Å². The summed E-state index contributed by atoms with van der Waals surface area (Å²) in [6, 6.07) is 12.4. The number of rotatable bonds is 5. The molecule has 1 aromatic carbocycles. The third-order valence-electron chi connectivity index (χ3n) is 2.85. The van der Waals surface area contributed by atoms with Gasteiger partial charge in [0.1, 0.15) is 11.5 Å². The van der Waals surface area contributed by atoms with E-state index < -0.39 is 0 Å². The molecule has 3 nitrogen and oxygen atoms in total. The van der Waals surface area contributed by atoms with Gasteiger partial charge in [-0.25, -0.2) is 0 Å². The smallest absolute Gasteiger partial charge is 0.148 e. The Kier molecular flexibility index (Phi) is 4.53. The molecule has 0 saturated carbocycles. The highest BCUT2D eigenvalue weighted by atomic mass is 16.5. The number of para-hydroxylation sites is 1. The molecule has 0 radical (unpaired) electrons. The molecule has 1 aromatic heterocycles. The number of hydrogen-bond acceptors (Lipinski definition) is 3. The first-order chi connectivity index (χ1) is 9.16. The summed E-state index contributed by atoms with van der Waals surface area (Å²) in [5, 5.41) is 3.41. The van der Waals surface area contributed by atoms with Crippen molar-refractivity contribution in [1.29, 1.82) is 0 Å². The molecule has 0 amide bonds. The molecular formula is C16H20N2O. The van der Waals surface area contributed by atoms with Crippen LogP contribution < -0.4 is 10.1 Å². The van der Waals surface area contributed by atoms with Gasteiger partial charge in [0.2, 0.25) is 0 Å². The maximum atomic E-state index is 5.97. The highest BCUT2D eigenvalue weighted by Crippen LogP contribution is 2.26. The summed E-state index contributed by atoms with van der Waals surface area (Å²) >= 11 is 0. The number of benzene rings is 1. The first kappa shape index (κ1) is 13.6. The summed E-state index contributed by atoms with van der Waals surface area (Å²) < 4.78 is 5.97. The SMILES string of the molecule is Cc1ncccc1Oc1ccccc1CNC(C)C. The molecule has 0 unspecified atom stereocenters. The molecule has 0 bridgehead atoms. The van der Waals surface area contributed by atoms with Crippen LogP contribution in [0.1, 0.15) is 25.1 Å². The van der Waals surface area contributed by atoms with E-state index in [1.165, 1.54) is 0 Å². The van der Waals surface area contributed by atoms with Crippen LogP contribution in [0.15, 0.2) is 42.6 Å². The van der Waals surface area contributed by atoms with Crippen molar-refractivity contribution in [2.24, 2.45) is 0 Å². The Hall–Kier alpha value is -1.87. The maximum absolute atomic E-state index is 5.97. The van der Waals surface area contributed by atoms with Crippen molar-refractivity contribution in [1.82, 2.24) is 10.3 Å². The topological polar surface area (TPSA) is 34.1 Å². The Morgan fingerprint density at radius 1 is 1.11 bits per heavy atom. The quantitative estimate of drug-likeness (QED) is 0.886. The van der Waals surface area contributed by atoms with E-state index in [0.29, 0.717) is 6.04 Å². The summed E-state index contributed by atoms with van der Waals surface area (Å²) in [5.74, 6) is 1.69. The second-order valence-corrected chi connectivity index (χ2v) is 4.83. The lowest BCUT2D eigenvalue weighted by molar-refractivity contribution is 0.463. The number of hydrogen-bond donors (Lipinski definition) is 1. The molecule has 1 N–H and O–H groups in total. The van der Waals surface area contributed by atoms with Crippen LogP contribution in [-0.4, -0.2) is 11.0 Å². The Morgan fingerprint density at radius 2 is 1.84 bits per heavy atom. The van der Waals surface area contributed by atoms with Gasteiger partial charge in [-0.3, -0.25) is 4.98 Å². The lowest BCUT2D eigenvalue weighted by Gasteiger charge is -2.14. The van der Waals surface area contributed by atoms with E-state index in [0.717, 1.165) is 29.3 Å². The van der Waals surface area contributed by atoms with Crippen molar-refractivity contribution >= 4 is 0 Å². The first-order valence-corrected chi connectivity index (χ1v) is 6.57. The monoisotopic (exact) mass is 256 g/mol. The summed E-state index contributed by atoms with van der Waals surface area (Å²) in [6.07, 6.45) is 1.77. The molecule has 0 aliphatic carbocycles. The number of pyridine rings is 1. The number of aryl methyl sites for hydroxylation is 1. The molecule has 2 rings (SSSR count). The fourth-order valence-corrected chi connectivity index (χ4v) is 1.76. The van der Waals surface area contributed by atoms with Gasteiger partial charge in [-0.15, -0.1) is 0 Å². The average Bonchev–Trinajstić information content (AvgIpc) is 2.40. The van der Waals surface area contributed by atoms with Crippen LogP contribution in [0.25, 0.3) is 0 Å². The normalized spacial score (nSPS) is 10.7. The van der Waals surface area contributed by atoms with Crippen molar-refractivity contribution in [3.05, 3.63) is 53.9 Å². The minimum absolute atomic E-state index is 0.452. The van der Waals surface area contributed by atoms with E-state index in [9.17, 15) is 0 Å². The third kappa shape index (κ3) is 3.80. The van der Waals surface area contributed by atoms with Crippen molar-refractivity contribution in [2.75, 3.05) is 0 Å². The molecule has 0 saturated heterocycles. The third-order valence-corrected chi connectivity index (χ3v) is 2.85. The zero-order chi connectivity index (χ0) is 13.7. The Labute approximate surface area is 114 Å². The maximum Gasteiger partial charge on any atom is 0.148 e. The minimum atomic E-state index is 0.452. The second-order valence-electron chi connectivity index (χ2n) is 4.83. The van der Waals surface area contributed by atoms with Crippen molar-refractivity contribution in [3.8, 4) is 11.5 Å². The molecule has 1 heterocycles. The average molecular weight is 256 g/mol. The molecular weight excluding hydrogens is 236 g/mol. The highest BCUT2D eigenvalue weighted by molar-refractivity contribution is 5.38. The molecule has 0 aliphatic rings. The highest BCUT2D eigenvalue weighted by Gasteiger charge is 2.06. The summed E-state index contributed by atoms with van der Waals surface area (Å²) in [5.41, 5.74) is 2.05. The zero-order valence-electron chi connectivity index (χ0n) is 11.7. The van der Waals surface area contributed by atoms with Crippen LogP contribution in [0.3, 0.4) is 0 Å². The van der Waals surface area contributed by atoms with E-state index in [1.807, 2.05) is 37.3 Å². The Bertz CT molecular complexity index is 538. The van der Waals surface area contributed by atoms with Gasteiger partial charge in [-0.05, 0) is 25.1 Å². The molecule has 19 heavy (non-hydrogen) atoms. The minimum Gasteiger partial charge on any atom is -0.455 e. The molecule has 0 atom stereocenters. The van der Waals surface area contributed by atoms with Crippen LogP contribution in [0, 0.1) is 6.92 Å². The first-order valence-electron chi connectivity index (χ1n) is 6.57. The molecule has 0 spiro atoms. The summed E-state index contributed by atoms with van der Waals surface area (Å²) in [7, 11) is 0. The lowest BCUT2D eigenvalue weighted by atomic mass is 10.2. The second kappa shape index (κ2) is 6.34. The fraction of sp³-hybridized carbons (Fsp3) is 0.312. The molecule has 2 aromatic rings. The number of nitrogens with zero attached hydrogens (tertiary/aromatic N) is 1.